The first kappa shape index (κ1) is 17.3. The third-order valence-electron chi connectivity index (χ3n) is 2.73. The van der Waals surface area contributed by atoms with E-state index in [0.29, 0.717) is 6.42 Å². The predicted octanol–water partition coefficient (Wildman–Crippen LogP) is 3.62. The molecule has 4 nitrogen and oxygen atoms in total. The first-order valence-electron chi connectivity index (χ1n) is 6.92. The highest BCUT2D eigenvalue weighted by atomic mass is 31.0. The smallest absolute Gasteiger partial charge is 0.174 e. The van der Waals surface area contributed by atoms with Crippen molar-refractivity contribution >= 4 is 20.7 Å². The van der Waals surface area contributed by atoms with Crippen LogP contribution in [0, 0.1) is 0 Å². The molecule has 0 aromatic carbocycles. The second-order valence-corrected chi connectivity index (χ2v) is 4.10. The average Bonchev–Trinajstić information content (AvgIpc) is 3.04. The van der Waals surface area contributed by atoms with Crippen molar-refractivity contribution < 1.29 is 4.84 Å². The second-order valence-electron chi connectivity index (χ2n) is 4.10. The fourth-order valence-electron chi connectivity index (χ4n) is 1.73. The van der Waals surface area contributed by atoms with Crippen LogP contribution in [0.3, 0.4) is 0 Å². The molecule has 0 amide bonds. The Labute approximate surface area is 128 Å². The zero-order chi connectivity index (χ0) is 15.5. The van der Waals surface area contributed by atoms with Crippen molar-refractivity contribution in [1.82, 2.24) is 4.98 Å². The van der Waals surface area contributed by atoms with Crippen LogP contribution < -0.4 is 0 Å². The van der Waals surface area contributed by atoms with Crippen LogP contribution in [-0.2, 0) is 4.84 Å². The zero-order valence-electron chi connectivity index (χ0n) is 12.6. The van der Waals surface area contributed by atoms with Crippen LogP contribution in [0.5, 0.6) is 0 Å². The second kappa shape index (κ2) is 10.0. The summed E-state index contributed by atoms with van der Waals surface area (Å²) in [5.41, 5.74) is 2.48. The van der Waals surface area contributed by atoms with E-state index in [0.717, 1.165) is 23.5 Å². The van der Waals surface area contributed by atoms with E-state index in [9.17, 15) is 0 Å². The van der Waals surface area contributed by atoms with Gasteiger partial charge in [0.15, 0.2) is 6.10 Å². The van der Waals surface area contributed by atoms with E-state index < -0.39 is 0 Å². The molecule has 2 unspecified atom stereocenters. The van der Waals surface area contributed by atoms with Crippen molar-refractivity contribution in [3.05, 3.63) is 55.0 Å². The molecule has 112 valence electrons. The van der Waals surface area contributed by atoms with Crippen LogP contribution in [-0.4, -0.2) is 29.2 Å². The first-order valence-corrected chi connectivity index (χ1v) is 8.07. The topological polar surface area (TPSA) is 46.8 Å². The molecule has 0 fully saturated rings. The molecule has 5 heteroatoms. The molecular weight excluding hydrogens is 281 g/mol. The van der Waals surface area contributed by atoms with Gasteiger partial charge in [-0.3, -0.25) is 9.98 Å². The Balaban J connectivity index is 0.00000106. The monoisotopic (exact) mass is 303 g/mol. The van der Waals surface area contributed by atoms with Gasteiger partial charge in [0.1, 0.15) is 5.71 Å². The molecule has 2 rings (SSSR count). The number of aromatic nitrogens is 1. The van der Waals surface area contributed by atoms with Crippen molar-refractivity contribution in [1.29, 1.82) is 0 Å². The number of hydrogen-bond acceptors (Lipinski definition) is 4. The lowest BCUT2D eigenvalue weighted by Crippen LogP contribution is -2.19. The quantitative estimate of drug-likeness (QED) is 0.616. The van der Waals surface area contributed by atoms with Gasteiger partial charge >= 0.3 is 0 Å². The van der Waals surface area contributed by atoms with Crippen LogP contribution in [0.25, 0.3) is 0 Å². The predicted molar refractivity (Wildman–Crippen MR) is 93.0 cm³/mol. The lowest BCUT2D eigenvalue weighted by molar-refractivity contribution is 0.133. The third-order valence-corrected chi connectivity index (χ3v) is 2.73. The molecule has 0 bridgehead atoms. The van der Waals surface area contributed by atoms with Gasteiger partial charge < -0.3 is 4.84 Å². The van der Waals surface area contributed by atoms with E-state index in [2.05, 4.69) is 37.9 Å². The van der Waals surface area contributed by atoms with Gasteiger partial charge in [-0.1, -0.05) is 37.5 Å². The number of oxime groups is 1. The summed E-state index contributed by atoms with van der Waals surface area (Å²) in [5, 5.41) is 4.09. The van der Waals surface area contributed by atoms with Crippen LogP contribution in [0.2, 0.25) is 0 Å². The molecule has 0 N–H and O–H groups in total. The van der Waals surface area contributed by atoms with Crippen LogP contribution in [0.15, 0.2) is 59.5 Å². The molecule has 0 radical (unpaired) electrons. The van der Waals surface area contributed by atoms with Crippen molar-refractivity contribution in [3.63, 3.8) is 0 Å². The third kappa shape index (κ3) is 5.24. The van der Waals surface area contributed by atoms with E-state index in [1.54, 1.807) is 18.5 Å². The number of nitrogens with zero attached hydrogens (tertiary/aromatic N) is 3. The van der Waals surface area contributed by atoms with Gasteiger partial charge in [0, 0.05) is 18.8 Å². The fraction of sp³-hybridized carbons (Fsp3) is 0.312. The number of hydrogen-bond donors (Lipinski definition) is 0. The Morgan fingerprint density at radius 2 is 2.33 bits per heavy atom. The minimum atomic E-state index is -0.170. The number of rotatable bonds is 5. The van der Waals surface area contributed by atoms with E-state index in [1.807, 2.05) is 30.9 Å². The minimum absolute atomic E-state index is 0.170. The Morgan fingerprint density at radius 3 is 2.95 bits per heavy atom. The maximum absolute atomic E-state index is 5.42. The van der Waals surface area contributed by atoms with Gasteiger partial charge in [-0.15, -0.1) is 9.24 Å². The standard InChI is InChI=1S/C15H17N3O.CH5P/c1-3-5-9-16-12(4-2)15-11-14(18-19-15)13-8-6-7-10-17-13;1-2/h4-10,15H,2-3,11H2,1H3;2H2,1H3/b9-5-,16-12?;. The lowest BCUT2D eigenvalue weighted by Gasteiger charge is -2.06. The summed E-state index contributed by atoms with van der Waals surface area (Å²) >= 11 is 0. The van der Waals surface area contributed by atoms with Crippen LogP contribution in [0.1, 0.15) is 25.5 Å². The van der Waals surface area contributed by atoms with Gasteiger partial charge in [-0.25, -0.2) is 0 Å². The summed E-state index contributed by atoms with van der Waals surface area (Å²) in [6.45, 7) is 7.75. The lowest BCUT2D eigenvalue weighted by atomic mass is 10.1. The summed E-state index contributed by atoms with van der Waals surface area (Å²) in [4.78, 5) is 14.0. The van der Waals surface area contributed by atoms with E-state index in [1.165, 1.54) is 0 Å². The maximum atomic E-state index is 5.42. The van der Waals surface area contributed by atoms with Gasteiger partial charge in [0.25, 0.3) is 0 Å². The Hall–Kier alpha value is -1.80. The molecule has 2 heterocycles. The maximum Gasteiger partial charge on any atom is 0.174 e. The molecule has 0 saturated heterocycles. The molecule has 1 aromatic rings. The summed E-state index contributed by atoms with van der Waals surface area (Å²) < 4.78 is 0. The average molecular weight is 303 g/mol. The summed E-state index contributed by atoms with van der Waals surface area (Å²) in [6.07, 6.45) is 8.67. The van der Waals surface area contributed by atoms with Gasteiger partial charge in [0.05, 0.1) is 11.4 Å². The molecule has 1 aliphatic heterocycles. The Kier molecular flexibility index (Phi) is 8.22. The van der Waals surface area contributed by atoms with Crippen molar-refractivity contribution in [2.24, 2.45) is 10.1 Å². The fourth-order valence-corrected chi connectivity index (χ4v) is 1.73. The number of aliphatic imine (C=N–C) groups is 1. The van der Waals surface area contributed by atoms with E-state index in [4.69, 9.17) is 4.84 Å². The van der Waals surface area contributed by atoms with Crippen molar-refractivity contribution in [3.8, 4) is 0 Å². The summed E-state index contributed by atoms with van der Waals surface area (Å²) in [7, 11) is 2.42. The summed E-state index contributed by atoms with van der Waals surface area (Å²) in [6, 6.07) is 5.74. The highest BCUT2D eigenvalue weighted by molar-refractivity contribution is 7.15. The van der Waals surface area contributed by atoms with Crippen LogP contribution >= 0.6 is 9.24 Å². The highest BCUT2D eigenvalue weighted by Gasteiger charge is 2.25. The van der Waals surface area contributed by atoms with E-state index in [-0.39, 0.29) is 6.10 Å². The Bertz CT molecular complexity index is 524. The SMILES string of the molecule is C=CC(=N/C=C\CC)C1CC(c2ccccn2)=NO1.CP. The van der Waals surface area contributed by atoms with E-state index >= 15 is 0 Å². The minimum Gasteiger partial charge on any atom is -0.385 e. The molecule has 21 heavy (non-hydrogen) atoms. The largest absolute Gasteiger partial charge is 0.385 e. The molecule has 1 aromatic heterocycles. The van der Waals surface area contributed by atoms with Gasteiger partial charge in [-0.05, 0) is 24.6 Å². The van der Waals surface area contributed by atoms with Gasteiger partial charge in [-0.2, -0.15) is 0 Å². The normalized spacial score (nSPS) is 17.8. The molecule has 0 spiro atoms. The Morgan fingerprint density at radius 1 is 1.52 bits per heavy atom. The number of allylic oxidation sites excluding steroid dienone is 1. The van der Waals surface area contributed by atoms with Crippen LogP contribution in [0.4, 0.5) is 0 Å². The van der Waals surface area contributed by atoms with Gasteiger partial charge in [0.2, 0.25) is 0 Å². The first-order chi connectivity index (χ1) is 10.3. The van der Waals surface area contributed by atoms with Crippen molar-refractivity contribution in [2.75, 3.05) is 6.66 Å². The molecule has 0 aliphatic carbocycles. The molecular formula is C16H22N3OP. The highest BCUT2D eigenvalue weighted by Crippen LogP contribution is 2.17. The number of pyridine rings is 1. The van der Waals surface area contributed by atoms with Crippen molar-refractivity contribution in [2.45, 2.75) is 25.9 Å². The molecule has 1 aliphatic rings. The molecule has 0 saturated carbocycles. The molecule has 2 atom stereocenters. The summed E-state index contributed by atoms with van der Waals surface area (Å²) in [5.74, 6) is 0. The zero-order valence-corrected chi connectivity index (χ0v) is 13.7.